The molecule has 2 heteroatoms. The third-order valence-electron chi connectivity index (χ3n) is 1.09. The Morgan fingerprint density at radius 3 is 2.25 bits per heavy atom. The predicted octanol–water partition coefficient (Wildman–Crippen LogP) is 0.306. The number of hydrogen-bond acceptors (Lipinski definition) is 2. The summed E-state index contributed by atoms with van der Waals surface area (Å²) in [7, 11) is 0. The highest BCUT2D eigenvalue weighted by molar-refractivity contribution is 5.04. The lowest BCUT2D eigenvalue weighted by Crippen LogP contribution is -2.07. The second-order valence-electron chi connectivity index (χ2n) is 1.70. The van der Waals surface area contributed by atoms with Gasteiger partial charge in [0.1, 0.15) is 0 Å². The normalized spacial score (nSPS) is 16.2. The van der Waals surface area contributed by atoms with Crippen molar-refractivity contribution in [3.63, 3.8) is 0 Å². The average molecular weight is 116 g/mol. The molecule has 1 atom stereocenters. The van der Waals surface area contributed by atoms with Gasteiger partial charge < -0.3 is 10.2 Å². The van der Waals surface area contributed by atoms with E-state index in [2.05, 4.69) is 0 Å². The van der Waals surface area contributed by atoms with Crippen LogP contribution in [0.15, 0.2) is 11.6 Å². The van der Waals surface area contributed by atoms with Crippen molar-refractivity contribution in [3.8, 4) is 0 Å². The van der Waals surface area contributed by atoms with Gasteiger partial charge in [0.05, 0.1) is 12.7 Å². The van der Waals surface area contributed by atoms with Crippen LogP contribution in [0.5, 0.6) is 0 Å². The molecule has 1 unspecified atom stereocenters. The predicted molar refractivity (Wildman–Crippen MR) is 32.5 cm³/mol. The molecule has 0 aromatic rings. The van der Waals surface area contributed by atoms with Gasteiger partial charge in [0, 0.05) is 0 Å². The Morgan fingerprint density at radius 1 is 1.75 bits per heavy atom. The Bertz CT molecular complexity index is 84.5. The maximum atomic E-state index is 8.78. The molecule has 0 rings (SSSR count). The average Bonchev–Trinajstić information content (AvgIpc) is 1.69. The summed E-state index contributed by atoms with van der Waals surface area (Å²) < 4.78 is 0. The van der Waals surface area contributed by atoms with E-state index in [4.69, 9.17) is 10.2 Å². The highest BCUT2D eigenvalue weighted by atomic mass is 16.3. The third-order valence-corrected chi connectivity index (χ3v) is 1.09. The third kappa shape index (κ3) is 2.09. The maximum Gasteiger partial charge on any atom is 0.0743 e. The summed E-state index contributed by atoms with van der Waals surface area (Å²) in [6.07, 6.45) is 1.20. The summed E-state index contributed by atoms with van der Waals surface area (Å²) in [5, 5.41) is 17.3. The minimum Gasteiger partial charge on any atom is -0.392 e. The molecule has 0 amide bonds. The molecule has 0 aliphatic carbocycles. The molecule has 0 spiro atoms. The maximum absolute atomic E-state index is 8.78. The minimum absolute atomic E-state index is 0.0475. The van der Waals surface area contributed by atoms with Gasteiger partial charge in [-0.1, -0.05) is 6.08 Å². The van der Waals surface area contributed by atoms with Gasteiger partial charge in [0.2, 0.25) is 0 Å². The van der Waals surface area contributed by atoms with Crippen molar-refractivity contribution in [2.45, 2.75) is 20.0 Å². The van der Waals surface area contributed by atoms with Gasteiger partial charge in [-0.3, -0.25) is 0 Å². The van der Waals surface area contributed by atoms with Gasteiger partial charge in [-0.2, -0.15) is 0 Å². The largest absolute Gasteiger partial charge is 0.392 e. The van der Waals surface area contributed by atoms with Crippen LogP contribution in [0.2, 0.25) is 0 Å². The topological polar surface area (TPSA) is 40.5 Å². The van der Waals surface area contributed by atoms with Crippen molar-refractivity contribution in [1.29, 1.82) is 0 Å². The second kappa shape index (κ2) is 3.64. The van der Waals surface area contributed by atoms with Gasteiger partial charge in [0.25, 0.3) is 0 Å². The van der Waals surface area contributed by atoms with E-state index >= 15 is 0 Å². The Hall–Kier alpha value is -0.340. The van der Waals surface area contributed by atoms with E-state index in [-0.39, 0.29) is 6.61 Å². The van der Waals surface area contributed by atoms with Gasteiger partial charge >= 0.3 is 0 Å². The molecule has 0 heterocycles. The molecule has 48 valence electrons. The summed E-state index contributed by atoms with van der Waals surface area (Å²) in [6, 6.07) is 0. The smallest absolute Gasteiger partial charge is 0.0743 e. The Balaban J connectivity index is 3.72. The Labute approximate surface area is 49.5 Å². The first-order valence-electron chi connectivity index (χ1n) is 2.66. The first-order chi connectivity index (χ1) is 3.72. The standard InChI is InChI=1S/C6H12O2/c1-3-6(4-7)5(2)8/h3,5,7-8H,4H2,1-2H3. The molecule has 0 aliphatic heterocycles. The van der Waals surface area contributed by atoms with Crippen LogP contribution in [0.3, 0.4) is 0 Å². The summed E-state index contributed by atoms with van der Waals surface area (Å²) >= 11 is 0. The van der Waals surface area contributed by atoms with Crippen LogP contribution in [0, 0.1) is 0 Å². The molecule has 0 saturated carbocycles. The Morgan fingerprint density at radius 2 is 2.25 bits per heavy atom. The molecule has 0 radical (unpaired) electrons. The SMILES string of the molecule is CC=C(CO)C(C)O. The van der Waals surface area contributed by atoms with Crippen molar-refractivity contribution >= 4 is 0 Å². The van der Waals surface area contributed by atoms with Gasteiger partial charge in [0.15, 0.2) is 0 Å². The monoisotopic (exact) mass is 116 g/mol. The first kappa shape index (κ1) is 7.66. The summed E-state index contributed by atoms with van der Waals surface area (Å²) in [5.74, 6) is 0. The summed E-state index contributed by atoms with van der Waals surface area (Å²) in [5.41, 5.74) is 0.671. The fraction of sp³-hybridized carbons (Fsp3) is 0.667. The Kier molecular flexibility index (Phi) is 3.48. The molecule has 0 fully saturated rings. The molecular weight excluding hydrogens is 104 g/mol. The number of aliphatic hydroxyl groups is 2. The van der Waals surface area contributed by atoms with E-state index in [0.29, 0.717) is 5.57 Å². The molecular formula is C6H12O2. The fourth-order valence-corrected chi connectivity index (χ4v) is 0.465. The quantitative estimate of drug-likeness (QED) is 0.509. The molecule has 0 aromatic heterocycles. The number of hydrogen-bond donors (Lipinski definition) is 2. The summed E-state index contributed by atoms with van der Waals surface area (Å²) in [4.78, 5) is 0. The molecule has 0 saturated heterocycles. The fourth-order valence-electron chi connectivity index (χ4n) is 0.465. The van der Waals surface area contributed by atoms with E-state index in [1.165, 1.54) is 0 Å². The van der Waals surface area contributed by atoms with Crippen molar-refractivity contribution in [2.24, 2.45) is 0 Å². The molecule has 0 bridgehead atoms. The van der Waals surface area contributed by atoms with E-state index in [9.17, 15) is 0 Å². The number of allylic oxidation sites excluding steroid dienone is 1. The lowest BCUT2D eigenvalue weighted by molar-refractivity contribution is 0.204. The summed E-state index contributed by atoms with van der Waals surface area (Å²) in [6.45, 7) is 3.37. The highest BCUT2D eigenvalue weighted by Gasteiger charge is 1.98. The van der Waals surface area contributed by atoms with Crippen molar-refractivity contribution < 1.29 is 10.2 Å². The van der Waals surface area contributed by atoms with Crippen LogP contribution in [0.4, 0.5) is 0 Å². The minimum atomic E-state index is -0.509. The second-order valence-corrected chi connectivity index (χ2v) is 1.70. The van der Waals surface area contributed by atoms with E-state index in [0.717, 1.165) is 0 Å². The van der Waals surface area contributed by atoms with Gasteiger partial charge in [-0.15, -0.1) is 0 Å². The van der Waals surface area contributed by atoms with Crippen LogP contribution < -0.4 is 0 Å². The van der Waals surface area contributed by atoms with Crippen molar-refractivity contribution in [3.05, 3.63) is 11.6 Å². The van der Waals surface area contributed by atoms with E-state index in [1.807, 2.05) is 0 Å². The lowest BCUT2D eigenvalue weighted by atomic mass is 10.2. The van der Waals surface area contributed by atoms with Crippen molar-refractivity contribution in [1.82, 2.24) is 0 Å². The van der Waals surface area contributed by atoms with Crippen LogP contribution >= 0.6 is 0 Å². The number of rotatable bonds is 2. The highest BCUT2D eigenvalue weighted by Crippen LogP contribution is 1.97. The van der Waals surface area contributed by atoms with E-state index in [1.54, 1.807) is 19.9 Å². The van der Waals surface area contributed by atoms with Crippen molar-refractivity contribution in [2.75, 3.05) is 6.61 Å². The molecule has 0 aliphatic rings. The zero-order chi connectivity index (χ0) is 6.57. The van der Waals surface area contributed by atoms with Crippen LogP contribution in [-0.2, 0) is 0 Å². The molecule has 2 N–H and O–H groups in total. The molecule has 0 aromatic carbocycles. The van der Waals surface area contributed by atoms with Crippen LogP contribution in [0.1, 0.15) is 13.8 Å². The molecule has 8 heavy (non-hydrogen) atoms. The van der Waals surface area contributed by atoms with Gasteiger partial charge in [-0.05, 0) is 19.4 Å². The zero-order valence-electron chi connectivity index (χ0n) is 5.26. The van der Waals surface area contributed by atoms with Crippen LogP contribution in [-0.4, -0.2) is 22.9 Å². The van der Waals surface area contributed by atoms with E-state index < -0.39 is 6.10 Å². The lowest BCUT2D eigenvalue weighted by Gasteiger charge is -2.03. The first-order valence-corrected chi connectivity index (χ1v) is 2.66. The van der Waals surface area contributed by atoms with Crippen LogP contribution in [0.25, 0.3) is 0 Å². The zero-order valence-corrected chi connectivity index (χ0v) is 5.26. The van der Waals surface area contributed by atoms with Gasteiger partial charge in [-0.25, -0.2) is 0 Å². The molecule has 2 nitrogen and oxygen atoms in total. The number of aliphatic hydroxyl groups excluding tert-OH is 2.